The maximum absolute atomic E-state index is 11.9. The number of hydrogen-bond acceptors (Lipinski definition) is 11. The van der Waals surface area contributed by atoms with Crippen molar-refractivity contribution in [3.8, 4) is 0 Å². The topological polar surface area (TPSA) is 207 Å². The standard InChI is InChI=1S/C7H16NO3P.C6H16NO4PS.C5H14NO2P.C3H9NO.CH4/c1-4-10-12(9,11-5-2)8-6-7(8)3;1-6(7-12(2,3)8)5-11-13(4,9)10;1-5(4-7)6-9(2,3)8;1-3(4)2-5;/h7H,4-6H2,1-3H3;6H,5H2,1-4H3,(H,7,8);5,7H,4H2,1-3H3,(H,6,8);3,5H,2,4H2,1H3;1H4. The smallest absolute Gasteiger partial charge is 0.395 e. The second kappa shape index (κ2) is 22.8. The van der Waals surface area contributed by atoms with Gasteiger partial charge in [0.2, 0.25) is 0 Å². The number of nitrogens with zero attached hydrogens (tertiary/aromatic N) is 1. The number of hydrogen-bond donors (Lipinski definition) is 5. The summed E-state index contributed by atoms with van der Waals surface area (Å²) >= 11 is 0. The molecule has 1 aliphatic heterocycles. The van der Waals surface area contributed by atoms with Crippen LogP contribution in [0, 0.1) is 0 Å². The largest absolute Gasteiger partial charge is 0.408 e. The molecule has 1 fully saturated rings. The predicted octanol–water partition coefficient (Wildman–Crippen LogP) is 2.81. The van der Waals surface area contributed by atoms with Gasteiger partial charge in [0.1, 0.15) is 14.6 Å². The van der Waals surface area contributed by atoms with Gasteiger partial charge < -0.3 is 25.1 Å². The highest BCUT2D eigenvalue weighted by Crippen LogP contribution is 2.58. The van der Waals surface area contributed by atoms with Crippen molar-refractivity contribution in [3.63, 3.8) is 0 Å². The van der Waals surface area contributed by atoms with Crippen LogP contribution < -0.4 is 15.9 Å². The SMILES string of the molecule is C.CC(CO)NP(C)(C)=O.CC(COS(C)(=O)=O)NP(C)(C)=O.CC(N)CO.CCOP(=O)(OCC)N1CC1C. The summed E-state index contributed by atoms with van der Waals surface area (Å²) in [5, 5.41) is 22.1. The highest BCUT2D eigenvalue weighted by Gasteiger charge is 2.46. The normalized spacial score (nSPS) is 19.1. The minimum absolute atomic E-state index is 0. The van der Waals surface area contributed by atoms with Gasteiger partial charge in [0.25, 0.3) is 10.1 Å². The minimum Gasteiger partial charge on any atom is -0.395 e. The van der Waals surface area contributed by atoms with E-state index in [1.54, 1.807) is 52.1 Å². The van der Waals surface area contributed by atoms with E-state index in [2.05, 4.69) is 14.4 Å². The van der Waals surface area contributed by atoms with E-state index in [0.29, 0.717) is 19.3 Å². The third-order valence-electron chi connectivity index (χ3n) is 3.88. The molecule has 14 nitrogen and oxygen atoms in total. The molecule has 1 rings (SSSR count). The Bertz CT molecular complexity index is 874. The van der Waals surface area contributed by atoms with E-state index >= 15 is 0 Å². The number of nitrogens with two attached hydrogens (primary N) is 1. The zero-order valence-electron chi connectivity index (χ0n) is 25.5. The third-order valence-corrected chi connectivity index (χ3v) is 8.93. The Morgan fingerprint density at radius 2 is 1.27 bits per heavy atom. The lowest BCUT2D eigenvalue weighted by Gasteiger charge is -2.17. The molecule has 0 aromatic rings. The second-order valence-electron chi connectivity index (χ2n) is 9.87. The lowest BCUT2D eigenvalue weighted by molar-refractivity contribution is 0.195. The van der Waals surface area contributed by atoms with Crippen LogP contribution in [0.2, 0.25) is 0 Å². The molecule has 40 heavy (non-hydrogen) atoms. The van der Waals surface area contributed by atoms with Gasteiger partial charge in [-0.3, -0.25) is 23.4 Å². The van der Waals surface area contributed by atoms with Gasteiger partial charge >= 0.3 is 7.75 Å². The van der Waals surface area contributed by atoms with Crippen molar-refractivity contribution in [3.05, 3.63) is 0 Å². The second-order valence-corrected chi connectivity index (χ2v) is 19.4. The summed E-state index contributed by atoms with van der Waals surface area (Å²) in [7, 11) is -10.8. The van der Waals surface area contributed by atoms with Crippen LogP contribution in [0.15, 0.2) is 0 Å². The summed E-state index contributed by atoms with van der Waals surface area (Å²) < 4.78 is 71.8. The van der Waals surface area contributed by atoms with Crippen LogP contribution in [-0.2, 0) is 37.0 Å². The Hall–Kier alpha value is 0.280. The maximum Gasteiger partial charge on any atom is 0.408 e. The summed E-state index contributed by atoms with van der Waals surface area (Å²) in [6.07, 6.45) is 0.983. The summed E-state index contributed by atoms with van der Waals surface area (Å²) in [5.74, 6) is 0. The van der Waals surface area contributed by atoms with E-state index in [-0.39, 0.29) is 45.4 Å². The highest BCUT2D eigenvalue weighted by atomic mass is 32.2. The molecular weight excluding hydrogens is 605 g/mol. The molecule has 0 bridgehead atoms. The first-order chi connectivity index (χ1) is 17.5. The van der Waals surface area contributed by atoms with Crippen LogP contribution in [0.3, 0.4) is 0 Å². The van der Waals surface area contributed by atoms with Crippen LogP contribution in [0.4, 0.5) is 0 Å². The first kappa shape index (κ1) is 47.2. The summed E-state index contributed by atoms with van der Waals surface area (Å²) in [4.78, 5) is 0. The van der Waals surface area contributed by atoms with Crippen molar-refractivity contribution in [1.82, 2.24) is 14.8 Å². The fraction of sp³-hybridized carbons (Fsp3) is 1.00. The zero-order valence-corrected chi connectivity index (χ0v) is 29.0. The van der Waals surface area contributed by atoms with E-state index in [4.69, 9.17) is 25.0 Å². The molecule has 1 aliphatic rings. The van der Waals surface area contributed by atoms with Crippen molar-refractivity contribution in [2.45, 2.75) is 73.1 Å². The molecule has 0 spiro atoms. The maximum atomic E-state index is 11.9. The predicted molar refractivity (Wildman–Crippen MR) is 166 cm³/mol. The molecule has 0 aliphatic carbocycles. The van der Waals surface area contributed by atoms with Crippen LogP contribution in [0.5, 0.6) is 0 Å². The fourth-order valence-electron chi connectivity index (χ4n) is 2.44. The van der Waals surface area contributed by atoms with E-state index < -0.39 is 32.4 Å². The molecule has 1 saturated heterocycles. The van der Waals surface area contributed by atoms with Crippen molar-refractivity contribution >= 4 is 32.4 Å². The van der Waals surface area contributed by atoms with Crippen LogP contribution in [-0.4, -0.2) is 120 Å². The van der Waals surface area contributed by atoms with Crippen LogP contribution in [0.25, 0.3) is 0 Å². The van der Waals surface area contributed by atoms with Crippen molar-refractivity contribution in [2.24, 2.45) is 5.73 Å². The van der Waals surface area contributed by atoms with Crippen molar-refractivity contribution in [1.29, 1.82) is 0 Å². The Morgan fingerprint density at radius 1 is 0.925 bits per heavy atom. The number of nitrogens with one attached hydrogen (secondary N) is 2. The average molecular weight is 665 g/mol. The number of aliphatic hydroxyl groups is 2. The van der Waals surface area contributed by atoms with Gasteiger partial charge in [0.15, 0.2) is 0 Å². The van der Waals surface area contributed by atoms with E-state index in [1.165, 1.54) is 0 Å². The van der Waals surface area contributed by atoms with Crippen molar-refractivity contribution in [2.75, 3.05) is 72.5 Å². The van der Waals surface area contributed by atoms with Gasteiger partial charge in [-0.15, -0.1) is 0 Å². The Balaban J connectivity index is -0.000000224. The third kappa shape index (κ3) is 32.8. The van der Waals surface area contributed by atoms with Gasteiger partial charge in [0, 0.05) is 57.4 Å². The Kier molecular flexibility index (Phi) is 26.9. The van der Waals surface area contributed by atoms with Crippen LogP contribution >= 0.6 is 22.3 Å². The van der Waals surface area contributed by atoms with Gasteiger partial charge in [-0.05, 0) is 41.5 Å². The van der Waals surface area contributed by atoms with Gasteiger partial charge in [-0.1, -0.05) is 7.43 Å². The Morgan fingerprint density at radius 3 is 1.48 bits per heavy atom. The van der Waals surface area contributed by atoms with Gasteiger partial charge in [-0.25, -0.2) is 9.24 Å². The fourth-order valence-corrected chi connectivity index (χ4v) is 7.12. The molecule has 0 radical (unpaired) electrons. The van der Waals surface area contributed by atoms with Gasteiger partial charge in [-0.2, -0.15) is 8.42 Å². The van der Waals surface area contributed by atoms with E-state index in [1.807, 2.05) is 20.8 Å². The first-order valence-electron chi connectivity index (χ1n) is 12.6. The molecule has 5 unspecified atom stereocenters. The molecule has 6 N–H and O–H groups in total. The van der Waals surface area contributed by atoms with E-state index in [9.17, 15) is 22.1 Å². The molecule has 0 saturated carbocycles. The average Bonchev–Trinajstić information content (AvgIpc) is 3.49. The monoisotopic (exact) mass is 664 g/mol. The number of aliphatic hydroxyl groups excluding tert-OH is 2. The lowest BCUT2D eigenvalue weighted by atomic mass is 10.4. The first-order valence-corrected chi connectivity index (χ1v) is 21.1. The summed E-state index contributed by atoms with van der Waals surface area (Å²) in [6.45, 7) is 19.1. The summed E-state index contributed by atoms with van der Waals surface area (Å²) in [5.41, 5.74) is 5.04. The molecular formula is C22H59N4O10P3S. The molecule has 0 aromatic carbocycles. The molecule has 5 atom stereocenters. The zero-order chi connectivity index (χ0) is 31.7. The quantitative estimate of drug-likeness (QED) is 0.103. The summed E-state index contributed by atoms with van der Waals surface area (Å²) in [6, 6.07) is -0.0228. The molecule has 248 valence electrons. The van der Waals surface area contributed by atoms with Gasteiger partial charge in [0.05, 0.1) is 39.3 Å². The molecule has 1 heterocycles. The number of rotatable bonds is 14. The molecule has 18 heteroatoms. The van der Waals surface area contributed by atoms with E-state index in [0.717, 1.165) is 12.8 Å². The lowest BCUT2D eigenvalue weighted by Crippen LogP contribution is -2.28. The van der Waals surface area contributed by atoms with Crippen molar-refractivity contribution < 1.29 is 45.6 Å². The Labute approximate surface area is 244 Å². The molecule has 0 amide bonds. The van der Waals surface area contributed by atoms with Crippen LogP contribution in [0.1, 0.15) is 49.0 Å². The minimum atomic E-state index is -3.40. The molecule has 0 aromatic heterocycles. The highest BCUT2D eigenvalue weighted by molar-refractivity contribution is 7.86.